The molecule has 0 radical (unpaired) electrons. The van der Waals surface area contributed by atoms with Crippen LogP contribution in [0.2, 0.25) is 0 Å². The highest BCUT2D eigenvalue weighted by Crippen LogP contribution is 2.30. The van der Waals surface area contributed by atoms with Crippen LogP contribution < -0.4 is 4.90 Å². The lowest BCUT2D eigenvalue weighted by atomic mass is 10.1. The molecule has 1 aromatic rings. The molecule has 0 amide bonds. The summed E-state index contributed by atoms with van der Waals surface area (Å²) in [4.78, 5) is 2.16. The minimum absolute atomic E-state index is 0.0404. The van der Waals surface area contributed by atoms with Gasteiger partial charge < -0.3 is 4.90 Å². The molecule has 1 heterocycles. The predicted molar refractivity (Wildman–Crippen MR) is 78.7 cm³/mol. The second-order valence-corrected chi connectivity index (χ2v) is 9.22. The van der Waals surface area contributed by atoms with Crippen molar-refractivity contribution in [3.8, 4) is 0 Å². The first-order valence-electron chi connectivity index (χ1n) is 6.49. The Morgan fingerprint density at radius 3 is 2.00 bits per heavy atom. The Balaban J connectivity index is 2.57. The van der Waals surface area contributed by atoms with Crippen LogP contribution in [0.25, 0.3) is 0 Å². The van der Waals surface area contributed by atoms with E-state index in [4.69, 9.17) is 0 Å². The maximum Gasteiger partial charge on any atom is 0.177 e. The van der Waals surface area contributed by atoms with Gasteiger partial charge in [-0.05, 0) is 37.5 Å². The van der Waals surface area contributed by atoms with Crippen molar-refractivity contribution >= 4 is 25.4 Å². The molecule has 7 heteroatoms. The summed E-state index contributed by atoms with van der Waals surface area (Å²) in [5.74, 6) is 0. The van der Waals surface area contributed by atoms with Crippen molar-refractivity contribution in [1.29, 1.82) is 0 Å². The van der Waals surface area contributed by atoms with Gasteiger partial charge in [0.1, 0.15) is 0 Å². The van der Waals surface area contributed by atoms with Gasteiger partial charge in [0.2, 0.25) is 0 Å². The molecule has 112 valence electrons. The molecule has 0 spiro atoms. The van der Waals surface area contributed by atoms with E-state index in [2.05, 4.69) is 0 Å². The zero-order chi connectivity index (χ0) is 15.0. The van der Waals surface area contributed by atoms with E-state index in [1.807, 2.05) is 4.90 Å². The summed E-state index contributed by atoms with van der Waals surface area (Å²) in [6, 6.07) is 4.36. The second kappa shape index (κ2) is 5.37. The van der Waals surface area contributed by atoms with E-state index in [0.717, 1.165) is 44.9 Å². The molecule has 0 aromatic heterocycles. The highest BCUT2D eigenvalue weighted by atomic mass is 32.2. The summed E-state index contributed by atoms with van der Waals surface area (Å²) >= 11 is 0. The van der Waals surface area contributed by atoms with Crippen LogP contribution in [0.3, 0.4) is 0 Å². The SMILES string of the molecule is CS(=O)(=O)c1ccc(N2CCCCC2)c(S(C)(=O)=O)c1. The number of piperidine rings is 1. The van der Waals surface area contributed by atoms with Gasteiger partial charge in [-0.3, -0.25) is 0 Å². The predicted octanol–water partition coefficient (Wildman–Crippen LogP) is 1.48. The Morgan fingerprint density at radius 1 is 0.900 bits per heavy atom. The molecule has 0 aliphatic carbocycles. The van der Waals surface area contributed by atoms with E-state index in [1.165, 1.54) is 12.1 Å². The molecular formula is C13H19NO4S2. The maximum atomic E-state index is 12.0. The van der Waals surface area contributed by atoms with Gasteiger partial charge in [0.25, 0.3) is 0 Å². The van der Waals surface area contributed by atoms with Gasteiger partial charge in [-0.25, -0.2) is 16.8 Å². The van der Waals surface area contributed by atoms with E-state index in [-0.39, 0.29) is 9.79 Å². The molecule has 1 aliphatic rings. The van der Waals surface area contributed by atoms with Gasteiger partial charge in [-0.2, -0.15) is 0 Å². The topological polar surface area (TPSA) is 71.5 Å². The molecule has 1 aliphatic heterocycles. The fourth-order valence-corrected chi connectivity index (χ4v) is 4.06. The Morgan fingerprint density at radius 2 is 1.50 bits per heavy atom. The van der Waals surface area contributed by atoms with Gasteiger partial charge in [-0.15, -0.1) is 0 Å². The Hall–Kier alpha value is -1.08. The number of hydrogen-bond donors (Lipinski definition) is 0. The van der Waals surface area contributed by atoms with E-state index >= 15 is 0 Å². The number of hydrogen-bond acceptors (Lipinski definition) is 5. The lowest BCUT2D eigenvalue weighted by molar-refractivity contribution is 0.571. The van der Waals surface area contributed by atoms with Crippen molar-refractivity contribution in [3.05, 3.63) is 18.2 Å². The molecule has 1 fully saturated rings. The first kappa shape index (κ1) is 15.3. The summed E-state index contributed by atoms with van der Waals surface area (Å²) in [5, 5.41) is 0. The average molecular weight is 317 g/mol. The fourth-order valence-electron chi connectivity index (χ4n) is 2.42. The first-order valence-corrected chi connectivity index (χ1v) is 10.3. The van der Waals surface area contributed by atoms with Crippen LogP contribution in [0.4, 0.5) is 5.69 Å². The van der Waals surface area contributed by atoms with Gasteiger partial charge >= 0.3 is 0 Å². The molecule has 1 saturated heterocycles. The van der Waals surface area contributed by atoms with Crippen LogP contribution in [0.5, 0.6) is 0 Å². The maximum absolute atomic E-state index is 12.0. The first-order chi connectivity index (χ1) is 9.19. The van der Waals surface area contributed by atoms with Gasteiger partial charge in [0.05, 0.1) is 15.5 Å². The van der Waals surface area contributed by atoms with Gasteiger partial charge in [0.15, 0.2) is 19.7 Å². The molecule has 0 unspecified atom stereocenters. The average Bonchev–Trinajstić information content (AvgIpc) is 2.37. The van der Waals surface area contributed by atoms with Crippen molar-refractivity contribution in [2.24, 2.45) is 0 Å². The molecule has 1 aromatic carbocycles. The van der Waals surface area contributed by atoms with Crippen LogP contribution in [0.1, 0.15) is 19.3 Å². The third kappa shape index (κ3) is 3.32. The van der Waals surface area contributed by atoms with Crippen molar-refractivity contribution in [1.82, 2.24) is 0 Å². The van der Waals surface area contributed by atoms with Crippen molar-refractivity contribution in [2.45, 2.75) is 29.1 Å². The van der Waals surface area contributed by atoms with Crippen molar-refractivity contribution in [2.75, 3.05) is 30.5 Å². The highest BCUT2D eigenvalue weighted by molar-refractivity contribution is 7.91. The third-order valence-electron chi connectivity index (χ3n) is 3.46. The summed E-state index contributed by atoms with van der Waals surface area (Å²) in [5.41, 5.74) is 0.611. The lowest BCUT2D eigenvalue weighted by Crippen LogP contribution is -2.30. The molecular weight excluding hydrogens is 298 g/mol. The number of rotatable bonds is 3. The highest BCUT2D eigenvalue weighted by Gasteiger charge is 2.22. The van der Waals surface area contributed by atoms with E-state index in [9.17, 15) is 16.8 Å². The Kier molecular flexibility index (Phi) is 4.11. The summed E-state index contributed by atoms with van der Waals surface area (Å²) < 4.78 is 47.1. The molecule has 20 heavy (non-hydrogen) atoms. The molecule has 0 saturated carbocycles. The number of anilines is 1. The van der Waals surface area contributed by atoms with Crippen LogP contribution in [-0.2, 0) is 19.7 Å². The van der Waals surface area contributed by atoms with Crippen molar-refractivity contribution < 1.29 is 16.8 Å². The molecule has 0 N–H and O–H groups in total. The lowest BCUT2D eigenvalue weighted by Gasteiger charge is -2.30. The number of sulfone groups is 2. The molecule has 0 atom stereocenters. The van der Waals surface area contributed by atoms with Crippen LogP contribution in [0, 0.1) is 0 Å². The van der Waals surface area contributed by atoms with E-state index in [0.29, 0.717) is 5.69 Å². The number of benzene rings is 1. The second-order valence-electron chi connectivity index (χ2n) is 5.22. The Bertz CT molecular complexity index is 702. The standard InChI is InChI=1S/C13H19NO4S2/c1-19(15,16)11-6-7-12(13(10-11)20(2,17)18)14-8-4-3-5-9-14/h6-7,10H,3-5,8-9H2,1-2H3. The minimum Gasteiger partial charge on any atom is -0.370 e. The van der Waals surface area contributed by atoms with Gasteiger partial charge in [0, 0.05) is 25.6 Å². The molecule has 2 rings (SSSR count). The minimum atomic E-state index is -3.47. The molecule has 0 bridgehead atoms. The van der Waals surface area contributed by atoms with Crippen LogP contribution >= 0.6 is 0 Å². The Labute approximate surface area is 120 Å². The number of nitrogens with zero attached hydrogens (tertiary/aromatic N) is 1. The smallest absolute Gasteiger partial charge is 0.177 e. The zero-order valence-corrected chi connectivity index (χ0v) is 13.3. The summed E-state index contributed by atoms with van der Waals surface area (Å²) in [6.07, 6.45) is 5.39. The summed E-state index contributed by atoms with van der Waals surface area (Å²) in [7, 11) is -6.89. The van der Waals surface area contributed by atoms with E-state index < -0.39 is 19.7 Å². The molecule has 5 nitrogen and oxygen atoms in total. The summed E-state index contributed by atoms with van der Waals surface area (Å²) in [6.45, 7) is 1.61. The fraction of sp³-hybridized carbons (Fsp3) is 0.538. The van der Waals surface area contributed by atoms with Gasteiger partial charge in [-0.1, -0.05) is 0 Å². The monoisotopic (exact) mass is 317 g/mol. The van der Waals surface area contributed by atoms with Crippen LogP contribution in [0.15, 0.2) is 28.0 Å². The largest absolute Gasteiger partial charge is 0.370 e. The quantitative estimate of drug-likeness (QED) is 0.844. The van der Waals surface area contributed by atoms with Crippen molar-refractivity contribution in [3.63, 3.8) is 0 Å². The van der Waals surface area contributed by atoms with E-state index in [1.54, 1.807) is 6.07 Å². The van der Waals surface area contributed by atoms with Crippen LogP contribution in [-0.4, -0.2) is 42.4 Å². The third-order valence-corrected chi connectivity index (χ3v) is 5.69. The zero-order valence-electron chi connectivity index (χ0n) is 11.7. The normalized spacial score (nSPS) is 17.2.